The van der Waals surface area contributed by atoms with Crippen molar-refractivity contribution < 1.29 is 14.3 Å². The number of hydrogen-bond acceptors (Lipinski definition) is 5. The molecule has 7 nitrogen and oxygen atoms in total. The molecule has 1 aromatic carbocycles. The minimum Gasteiger partial charge on any atom is -0.444 e. The monoisotopic (exact) mass is 450 g/mol. The molecule has 0 unspecified atom stereocenters. The number of imidazole rings is 1. The standard InChI is InChI=1S/C20H27BrN4O3/c1-20(2,3)28-19(26)23(4)16-10-24(11-17(16)27-5)14-6-8-15(9-7-14)25-12-18(21)22-13-25/h6-9,12-13,16-17H,10-11H2,1-5H3/t16-,17+/m1/s1. The van der Waals surface area contributed by atoms with Crippen LogP contribution in [0.4, 0.5) is 10.5 Å². The smallest absolute Gasteiger partial charge is 0.410 e. The molecule has 0 aliphatic carbocycles. The number of amides is 1. The summed E-state index contributed by atoms with van der Waals surface area (Å²) in [4.78, 5) is 20.5. The number of carbonyl (C=O) groups excluding carboxylic acids is 1. The number of ether oxygens (including phenoxy) is 2. The summed E-state index contributed by atoms with van der Waals surface area (Å²) in [6.07, 6.45) is 3.27. The average Bonchev–Trinajstić information content (AvgIpc) is 3.26. The predicted molar refractivity (Wildman–Crippen MR) is 112 cm³/mol. The third-order valence-corrected chi connectivity index (χ3v) is 5.19. The zero-order valence-corrected chi connectivity index (χ0v) is 18.5. The molecule has 28 heavy (non-hydrogen) atoms. The molecule has 1 fully saturated rings. The highest BCUT2D eigenvalue weighted by atomic mass is 79.9. The van der Waals surface area contributed by atoms with Gasteiger partial charge < -0.3 is 23.8 Å². The summed E-state index contributed by atoms with van der Waals surface area (Å²) in [5, 5.41) is 0. The summed E-state index contributed by atoms with van der Waals surface area (Å²) in [6, 6.07) is 8.17. The summed E-state index contributed by atoms with van der Waals surface area (Å²) < 4.78 is 13.9. The first kappa shape index (κ1) is 20.7. The molecule has 8 heteroatoms. The first-order valence-electron chi connectivity index (χ1n) is 9.21. The van der Waals surface area contributed by atoms with Gasteiger partial charge >= 0.3 is 6.09 Å². The molecule has 1 aliphatic heterocycles. The van der Waals surface area contributed by atoms with E-state index in [1.165, 1.54) is 0 Å². The Bertz CT molecular complexity index is 816. The minimum atomic E-state index is -0.523. The summed E-state index contributed by atoms with van der Waals surface area (Å²) >= 11 is 3.37. The lowest BCUT2D eigenvalue weighted by Gasteiger charge is -2.30. The highest BCUT2D eigenvalue weighted by molar-refractivity contribution is 9.10. The van der Waals surface area contributed by atoms with Crippen LogP contribution in [-0.2, 0) is 9.47 Å². The van der Waals surface area contributed by atoms with Crippen LogP contribution in [0.15, 0.2) is 41.4 Å². The van der Waals surface area contributed by atoms with Crippen LogP contribution in [0.25, 0.3) is 5.69 Å². The normalized spacial score (nSPS) is 19.7. The number of nitrogens with zero attached hydrogens (tertiary/aromatic N) is 4. The SMILES string of the molecule is CO[C@H]1CN(c2ccc(-n3cnc(Br)c3)cc2)C[C@H]1N(C)C(=O)OC(C)(C)C. The van der Waals surface area contributed by atoms with Crippen LogP contribution < -0.4 is 4.90 Å². The molecule has 2 heterocycles. The molecule has 1 saturated heterocycles. The number of halogens is 1. The van der Waals surface area contributed by atoms with Crippen molar-refractivity contribution in [1.29, 1.82) is 0 Å². The van der Waals surface area contributed by atoms with Crippen LogP contribution in [0.5, 0.6) is 0 Å². The van der Waals surface area contributed by atoms with Gasteiger partial charge in [0, 0.05) is 44.8 Å². The van der Waals surface area contributed by atoms with Gasteiger partial charge in [-0.25, -0.2) is 9.78 Å². The van der Waals surface area contributed by atoms with E-state index in [0.29, 0.717) is 13.1 Å². The quantitative estimate of drug-likeness (QED) is 0.710. The van der Waals surface area contributed by atoms with Crippen molar-refractivity contribution in [3.63, 3.8) is 0 Å². The molecule has 1 aromatic heterocycles. The van der Waals surface area contributed by atoms with Crippen molar-refractivity contribution in [2.45, 2.75) is 38.5 Å². The second-order valence-corrected chi connectivity index (χ2v) is 8.77. The van der Waals surface area contributed by atoms with E-state index in [9.17, 15) is 4.79 Å². The van der Waals surface area contributed by atoms with Gasteiger partial charge in [0.15, 0.2) is 0 Å². The molecule has 1 aliphatic rings. The van der Waals surface area contributed by atoms with Crippen molar-refractivity contribution >= 4 is 27.7 Å². The van der Waals surface area contributed by atoms with Crippen molar-refractivity contribution in [2.75, 3.05) is 32.1 Å². The number of carbonyl (C=O) groups is 1. The third kappa shape index (κ3) is 4.67. The molecular weight excluding hydrogens is 424 g/mol. The van der Waals surface area contributed by atoms with Crippen molar-refractivity contribution in [3.05, 3.63) is 41.4 Å². The highest BCUT2D eigenvalue weighted by Crippen LogP contribution is 2.26. The second-order valence-electron chi connectivity index (χ2n) is 7.96. The molecule has 0 N–H and O–H groups in total. The number of likely N-dealkylation sites (N-methyl/N-ethyl adjacent to an activating group) is 1. The Labute approximate surface area is 174 Å². The Hall–Kier alpha value is -2.06. The van der Waals surface area contributed by atoms with Crippen LogP contribution in [0.2, 0.25) is 0 Å². The molecule has 1 amide bonds. The second kappa shape index (κ2) is 8.13. The zero-order chi connectivity index (χ0) is 20.5. The molecule has 2 atom stereocenters. The fourth-order valence-electron chi connectivity index (χ4n) is 3.32. The Morgan fingerprint density at radius 2 is 1.86 bits per heavy atom. The van der Waals surface area contributed by atoms with Gasteiger partial charge in [-0.15, -0.1) is 0 Å². The average molecular weight is 451 g/mol. The van der Waals surface area contributed by atoms with Gasteiger partial charge in [0.25, 0.3) is 0 Å². The van der Waals surface area contributed by atoms with Crippen LogP contribution in [0.3, 0.4) is 0 Å². The maximum atomic E-state index is 12.5. The van der Waals surface area contributed by atoms with Crippen LogP contribution >= 0.6 is 15.9 Å². The topological polar surface area (TPSA) is 59.8 Å². The summed E-state index contributed by atoms with van der Waals surface area (Å²) in [5.41, 5.74) is 1.60. The number of methoxy groups -OCH3 is 1. The van der Waals surface area contributed by atoms with E-state index in [0.717, 1.165) is 16.0 Å². The van der Waals surface area contributed by atoms with Gasteiger partial charge in [-0.3, -0.25) is 0 Å². The van der Waals surface area contributed by atoms with E-state index < -0.39 is 5.60 Å². The van der Waals surface area contributed by atoms with E-state index in [-0.39, 0.29) is 18.2 Å². The van der Waals surface area contributed by atoms with E-state index in [1.807, 2.05) is 31.5 Å². The van der Waals surface area contributed by atoms with Crippen molar-refractivity contribution in [1.82, 2.24) is 14.5 Å². The van der Waals surface area contributed by atoms with Gasteiger partial charge in [0.05, 0.1) is 12.1 Å². The maximum absolute atomic E-state index is 12.5. The fourth-order valence-corrected chi connectivity index (χ4v) is 3.63. The largest absolute Gasteiger partial charge is 0.444 e. The molecule has 0 radical (unpaired) electrons. The minimum absolute atomic E-state index is 0.0795. The van der Waals surface area contributed by atoms with Gasteiger partial charge in [-0.2, -0.15) is 0 Å². The van der Waals surface area contributed by atoms with E-state index in [4.69, 9.17) is 9.47 Å². The van der Waals surface area contributed by atoms with Crippen molar-refractivity contribution in [2.24, 2.45) is 0 Å². The first-order chi connectivity index (χ1) is 13.2. The van der Waals surface area contributed by atoms with Crippen molar-refractivity contribution in [3.8, 4) is 5.69 Å². The van der Waals surface area contributed by atoms with Crippen LogP contribution in [-0.4, -0.2) is 65.5 Å². The van der Waals surface area contributed by atoms with Gasteiger partial charge in [0.2, 0.25) is 0 Å². The fraction of sp³-hybridized carbons (Fsp3) is 0.500. The Morgan fingerprint density at radius 3 is 2.39 bits per heavy atom. The van der Waals surface area contributed by atoms with E-state index in [1.54, 1.807) is 25.4 Å². The molecule has 0 spiro atoms. The molecule has 0 saturated carbocycles. The molecule has 2 aromatic rings. The van der Waals surface area contributed by atoms with Gasteiger partial charge in [0.1, 0.15) is 16.5 Å². The molecule has 3 rings (SSSR count). The maximum Gasteiger partial charge on any atom is 0.410 e. The number of anilines is 1. The van der Waals surface area contributed by atoms with Gasteiger partial charge in [-0.1, -0.05) is 0 Å². The molecule has 152 valence electrons. The summed E-state index contributed by atoms with van der Waals surface area (Å²) in [7, 11) is 3.46. The zero-order valence-electron chi connectivity index (χ0n) is 16.9. The Kier molecular flexibility index (Phi) is 6.00. The molecular formula is C20H27BrN4O3. The number of benzene rings is 1. The summed E-state index contributed by atoms with van der Waals surface area (Å²) in [6.45, 7) is 7.00. The summed E-state index contributed by atoms with van der Waals surface area (Å²) in [5.74, 6) is 0. The third-order valence-electron chi connectivity index (χ3n) is 4.78. The lowest BCUT2D eigenvalue weighted by molar-refractivity contribution is 0.00378. The highest BCUT2D eigenvalue weighted by Gasteiger charge is 2.38. The van der Waals surface area contributed by atoms with E-state index >= 15 is 0 Å². The Morgan fingerprint density at radius 1 is 1.21 bits per heavy atom. The number of aromatic nitrogens is 2. The first-order valence-corrected chi connectivity index (χ1v) is 10.0. The lowest BCUT2D eigenvalue weighted by atomic mass is 10.2. The number of hydrogen-bond donors (Lipinski definition) is 0. The lowest BCUT2D eigenvalue weighted by Crippen LogP contribution is -2.47. The number of rotatable bonds is 4. The van der Waals surface area contributed by atoms with E-state index in [2.05, 4.69) is 50.1 Å². The van der Waals surface area contributed by atoms with Gasteiger partial charge in [-0.05, 0) is 61.0 Å². The van der Waals surface area contributed by atoms with Crippen LogP contribution in [0, 0.1) is 0 Å². The molecule has 0 bridgehead atoms. The predicted octanol–water partition coefficient (Wildman–Crippen LogP) is 3.71. The van der Waals surface area contributed by atoms with Crippen LogP contribution in [0.1, 0.15) is 20.8 Å². The Balaban J connectivity index is 1.71.